The standard InChI is InChI=1S/C15H19NO4/c1-2-9-19-13-6-5-12(20-10-3-8-17)11-4-7-14(18)16-15(11)13/h2,5-6,9,17H,3-4,7-8,10H2,1H3,(H,16,18)/b9-2+. The van der Waals surface area contributed by atoms with Gasteiger partial charge in [-0.25, -0.2) is 0 Å². The zero-order valence-electron chi connectivity index (χ0n) is 11.5. The summed E-state index contributed by atoms with van der Waals surface area (Å²) in [6, 6.07) is 3.62. The molecule has 1 heterocycles. The van der Waals surface area contributed by atoms with Crippen LogP contribution < -0.4 is 14.8 Å². The van der Waals surface area contributed by atoms with Crippen molar-refractivity contribution in [1.29, 1.82) is 0 Å². The summed E-state index contributed by atoms with van der Waals surface area (Å²) < 4.78 is 11.1. The van der Waals surface area contributed by atoms with Crippen LogP contribution in [0.1, 0.15) is 25.3 Å². The van der Waals surface area contributed by atoms with Gasteiger partial charge in [-0.05, 0) is 25.5 Å². The van der Waals surface area contributed by atoms with Crippen LogP contribution in [0, 0.1) is 0 Å². The molecule has 0 aromatic heterocycles. The number of rotatable bonds is 6. The molecule has 0 unspecified atom stereocenters. The molecule has 1 aromatic rings. The molecule has 1 aliphatic rings. The number of benzene rings is 1. The zero-order chi connectivity index (χ0) is 14.4. The van der Waals surface area contributed by atoms with Crippen LogP contribution in [0.4, 0.5) is 5.69 Å². The van der Waals surface area contributed by atoms with Crippen molar-refractivity contribution in [3.8, 4) is 11.5 Å². The van der Waals surface area contributed by atoms with Crippen LogP contribution in [-0.4, -0.2) is 24.2 Å². The first kappa shape index (κ1) is 14.4. The molecule has 0 bridgehead atoms. The van der Waals surface area contributed by atoms with Gasteiger partial charge in [0.05, 0.1) is 18.6 Å². The second-order valence-electron chi connectivity index (χ2n) is 4.48. The lowest BCUT2D eigenvalue weighted by atomic mass is 10.0. The van der Waals surface area contributed by atoms with Crippen LogP contribution in [-0.2, 0) is 11.2 Å². The Bertz CT molecular complexity index is 511. The van der Waals surface area contributed by atoms with Crippen molar-refractivity contribution in [1.82, 2.24) is 0 Å². The molecule has 0 spiro atoms. The molecule has 1 amide bonds. The molecule has 0 saturated carbocycles. The van der Waals surface area contributed by atoms with Gasteiger partial charge < -0.3 is 19.9 Å². The Kier molecular flexibility index (Phi) is 5.01. The number of ether oxygens (including phenoxy) is 2. The summed E-state index contributed by atoms with van der Waals surface area (Å²) >= 11 is 0. The molecule has 0 saturated heterocycles. The summed E-state index contributed by atoms with van der Waals surface area (Å²) in [5.74, 6) is 1.33. The third kappa shape index (κ3) is 3.30. The highest BCUT2D eigenvalue weighted by molar-refractivity contribution is 5.96. The van der Waals surface area contributed by atoms with Gasteiger partial charge in [-0.3, -0.25) is 4.79 Å². The molecule has 1 aromatic carbocycles. The van der Waals surface area contributed by atoms with E-state index in [0.717, 1.165) is 11.3 Å². The number of hydrogen-bond donors (Lipinski definition) is 2. The third-order valence-corrected chi connectivity index (χ3v) is 2.99. The van der Waals surface area contributed by atoms with Crippen LogP contribution in [0.3, 0.4) is 0 Å². The smallest absolute Gasteiger partial charge is 0.224 e. The van der Waals surface area contributed by atoms with E-state index >= 15 is 0 Å². The summed E-state index contributed by atoms with van der Waals surface area (Å²) in [6.07, 6.45) is 5.00. The molecule has 0 radical (unpaired) electrons. The number of aliphatic hydroxyl groups is 1. The number of carbonyl (C=O) groups excluding carboxylic acids is 1. The number of allylic oxidation sites excluding steroid dienone is 1. The number of carbonyl (C=O) groups is 1. The molecule has 2 N–H and O–H groups in total. The monoisotopic (exact) mass is 277 g/mol. The van der Waals surface area contributed by atoms with Crippen molar-refractivity contribution >= 4 is 11.6 Å². The van der Waals surface area contributed by atoms with Gasteiger partial charge in [-0.1, -0.05) is 6.08 Å². The van der Waals surface area contributed by atoms with Crippen LogP contribution in [0.5, 0.6) is 11.5 Å². The van der Waals surface area contributed by atoms with Crippen LogP contribution in [0.15, 0.2) is 24.5 Å². The number of nitrogens with one attached hydrogen (secondary N) is 1. The van der Waals surface area contributed by atoms with Crippen molar-refractivity contribution in [2.24, 2.45) is 0 Å². The lowest BCUT2D eigenvalue weighted by Gasteiger charge is -2.22. The fourth-order valence-electron chi connectivity index (χ4n) is 2.05. The molecule has 20 heavy (non-hydrogen) atoms. The first-order valence-electron chi connectivity index (χ1n) is 6.73. The average molecular weight is 277 g/mol. The Balaban J connectivity index is 2.27. The third-order valence-electron chi connectivity index (χ3n) is 2.99. The van der Waals surface area contributed by atoms with Gasteiger partial charge in [-0.15, -0.1) is 0 Å². The molecule has 2 rings (SSSR count). The van der Waals surface area contributed by atoms with E-state index in [1.165, 1.54) is 0 Å². The Labute approximate surface area is 118 Å². The lowest BCUT2D eigenvalue weighted by molar-refractivity contribution is -0.116. The highest BCUT2D eigenvalue weighted by Gasteiger charge is 2.22. The maximum atomic E-state index is 11.6. The maximum Gasteiger partial charge on any atom is 0.224 e. The van der Waals surface area contributed by atoms with E-state index in [1.54, 1.807) is 18.4 Å². The Morgan fingerprint density at radius 2 is 2.15 bits per heavy atom. The van der Waals surface area contributed by atoms with Gasteiger partial charge in [0.2, 0.25) is 5.91 Å². The maximum absolute atomic E-state index is 11.6. The van der Waals surface area contributed by atoms with Gasteiger partial charge in [0.1, 0.15) is 5.75 Å². The van der Waals surface area contributed by atoms with Crippen LogP contribution in [0.25, 0.3) is 0 Å². The summed E-state index contributed by atoms with van der Waals surface area (Å²) in [4.78, 5) is 11.6. The van der Waals surface area contributed by atoms with E-state index in [9.17, 15) is 4.79 Å². The predicted octanol–water partition coefficient (Wildman–Crippen LogP) is 2.24. The second-order valence-corrected chi connectivity index (χ2v) is 4.48. The summed E-state index contributed by atoms with van der Waals surface area (Å²) in [6.45, 7) is 2.41. The number of anilines is 1. The number of hydrogen-bond acceptors (Lipinski definition) is 4. The number of amides is 1. The molecular formula is C15H19NO4. The van der Waals surface area contributed by atoms with Gasteiger partial charge in [-0.2, -0.15) is 0 Å². The Hall–Kier alpha value is -2.01. The molecule has 5 nitrogen and oxygen atoms in total. The van der Waals surface area contributed by atoms with Gasteiger partial charge >= 0.3 is 0 Å². The lowest BCUT2D eigenvalue weighted by Crippen LogP contribution is -2.20. The summed E-state index contributed by atoms with van der Waals surface area (Å²) in [7, 11) is 0. The summed E-state index contributed by atoms with van der Waals surface area (Å²) in [5.41, 5.74) is 1.63. The molecule has 108 valence electrons. The van der Waals surface area contributed by atoms with Crippen molar-refractivity contribution in [2.75, 3.05) is 18.5 Å². The number of aliphatic hydroxyl groups excluding tert-OH is 1. The van der Waals surface area contributed by atoms with Crippen LogP contribution >= 0.6 is 0 Å². The van der Waals surface area contributed by atoms with E-state index in [2.05, 4.69) is 5.32 Å². The molecule has 5 heteroatoms. The highest BCUT2D eigenvalue weighted by Crippen LogP contribution is 2.39. The molecule has 0 aliphatic carbocycles. The van der Waals surface area contributed by atoms with Gasteiger partial charge in [0, 0.05) is 25.0 Å². The van der Waals surface area contributed by atoms with Gasteiger partial charge in [0.25, 0.3) is 0 Å². The second kappa shape index (κ2) is 6.96. The Morgan fingerprint density at radius 1 is 1.35 bits per heavy atom. The normalized spacial score (nSPS) is 14.0. The van der Waals surface area contributed by atoms with E-state index in [1.807, 2.05) is 13.0 Å². The highest BCUT2D eigenvalue weighted by atomic mass is 16.5. The minimum atomic E-state index is -0.0182. The first-order chi connectivity index (χ1) is 9.76. The zero-order valence-corrected chi connectivity index (χ0v) is 11.5. The molecule has 0 fully saturated rings. The van der Waals surface area contributed by atoms with E-state index in [-0.39, 0.29) is 12.5 Å². The largest absolute Gasteiger partial charge is 0.493 e. The Morgan fingerprint density at radius 3 is 2.90 bits per heavy atom. The fraction of sp³-hybridized carbons (Fsp3) is 0.400. The molecule has 0 atom stereocenters. The average Bonchev–Trinajstić information content (AvgIpc) is 2.46. The van der Waals surface area contributed by atoms with Crippen molar-refractivity contribution < 1.29 is 19.4 Å². The minimum Gasteiger partial charge on any atom is -0.493 e. The van der Waals surface area contributed by atoms with E-state index in [4.69, 9.17) is 14.6 Å². The van der Waals surface area contributed by atoms with Crippen molar-refractivity contribution in [3.63, 3.8) is 0 Å². The van der Waals surface area contributed by atoms with E-state index in [0.29, 0.717) is 37.3 Å². The SMILES string of the molecule is C/C=C/Oc1ccc(OCCCO)c2c1NC(=O)CC2. The summed E-state index contributed by atoms with van der Waals surface area (Å²) in [5, 5.41) is 11.6. The number of fused-ring (bicyclic) bond motifs is 1. The van der Waals surface area contributed by atoms with Crippen molar-refractivity contribution in [2.45, 2.75) is 26.2 Å². The van der Waals surface area contributed by atoms with E-state index < -0.39 is 0 Å². The quantitative estimate of drug-likeness (QED) is 0.618. The van der Waals surface area contributed by atoms with Gasteiger partial charge in [0.15, 0.2) is 5.75 Å². The topological polar surface area (TPSA) is 67.8 Å². The predicted molar refractivity (Wildman–Crippen MR) is 76.0 cm³/mol. The fourth-order valence-corrected chi connectivity index (χ4v) is 2.05. The molecule has 1 aliphatic heterocycles. The minimum absolute atomic E-state index is 0.0182. The van der Waals surface area contributed by atoms with Crippen LogP contribution in [0.2, 0.25) is 0 Å². The first-order valence-corrected chi connectivity index (χ1v) is 6.73. The van der Waals surface area contributed by atoms with Crippen molar-refractivity contribution in [3.05, 3.63) is 30.0 Å². The molecular weight excluding hydrogens is 258 g/mol.